The largest absolute Gasteiger partial charge is 0.469 e. The lowest BCUT2D eigenvalue weighted by Crippen LogP contribution is -2.31. The average Bonchev–Trinajstić information content (AvgIpc) is 2.55. The van der Waals surface area contributed by atoms with Gasteiger partial charge in [0.15, 0.2) is 0 Å². The van der Waals surface area contributed by atoms with Crippen LogP contribution in [0.3, 0.4) is 0 Å². The van der Waals surface area contributed by atoms with E-state index in [1.165, 1.54) is 7.11 Å². The summed E-state index contributed by atoms with van der Waals surface area (Å²) in [6.07, 6.45) is 7.99. The number of fused-ring (bicyclic) bond motifs is 1. The smallest absolute Gasteiger partial charge is 0.306 e. The molecule has 124 valence electrons. The number of unbranched alkanes of at least 4 members (excludes halogenated alkanes) is 2. The number of ether oxygens (including phenoxy) is 1. The van der Waals surface area contributed by atoms with Crippen LogP contribution in [0.25, 0.3) is 6.08 Å². The fourth-order valence-electron chi connectivity index (χ4n) is 2.66. The van der Waals surface area contributed by atoms with Gasteiger partial charge in [0.05, 0.1) is 19.4 Å². The number of rotatable bonds is 7. The Balaban J connectivity index is 2.00. The fraction of sp³-hybridized carbons (Fsp3) is 0.444. The lowest BCUT2D eigenvalue weighted by Gasteiger charge is -2.24. The lowest BCUT2D eigenvalue weighted by molar-refractivity contribution is -0.143. The van der Waals surface area contributed by atoms with Crippen LogP contribution in [0, 0.1) is 5.92 Å². The number of benzene rings is 1. The second-order valence-electron chi connectivity index (χ2n) is 5.77. The molecule has 1 aromatic carbocycles. The number of carbonyl (C=O) groups excluding carboxylic acids is 2. The van der Waals surface area contributed by atoms with Crippen LogP contribution in [0.2, 0.25) is 0 Å². The molecule has 0 fully saturated rings. The summed E-state index contributed by atoms with van der Waals surface area (Å²) in [5.74, 6) is -0.829. The summed E-state index contributed by atoms with van der Waals surface area (Å²) in [5, 5.41) is 2.89. The predicted molar refractivity (Wildman–Crippen MR) is 90.8 cm³/mol. The first-order chi connectivity index (χ1) is 11.1. The standard InChI is InChI=1S/C18H24N2O3/c1-23-17(21)12-15-11-14-8-7-13(6-4-2-3-5-9-19)10-16(14)20-18(15)22/h4,6-8,10,15H,2-3,5,9,11-12,19H2,1H3,(H,20,22). The van der Waals surface area contributed by atoms with Gasteiger partial charge in [0.1, 0.15) is 0 Å². The van der Waals surface area contributed by atoms with Gasteiger partial charge in [-0.3, -0.25) is 9.59 Å². The molecule has 1 aliphatic rings. The van der Waals surface area contributed by atoms with Gasteiger partial charge in [-0.2, -0.15) is 0 Å². The van der Waals surface area contributed by atoms with Gasteiger partial charge in [0, 0.05) is 5.69 Å². The highest BCUT2D eigenvalue weighted by molar-refractivity contribution is 5.97. The quantitative estimate of drug-likeness (QED) is 0.598. The summed E-state index contributed by atoms with van der Waals surface area (Å²) in [5.41, 5.74) is 8.41. The monoisotopic (exact) mass is 316 g/mol. The zero-order valence-corrected chi connectivity index (χ0v) is 13.5. The van der Waals surface area contributed by atoms with Gasteiger partial charge >= 0.3 is 5.97 Å². The van der Waals surface area contributed by atoms with Crippen LogP contribution in [0.1, 0.15) is 36.8 Å². The van der Waals surface area contributed by atoms with E-state index < -0.39 is 0 Å². The van der Waals surface area contributed by atoms with E-state index in [2.05, 4.69) is 22.2 Å². The van der Waals surface area contributed by atoms with E-state index >= 15 is 0 Å². The Morgan fingerprint density at radius 3 is 3.00 bits per heavy atom. The molecule has 5 heteroatoms. The highest BCUT2D eigenvalue weighted by Gasteiger charge is 2.28. The van der Waals surface area contributed by atoms with Crippen molar-refractivity contribution in [3.05, 3.63) is 35.4 Å². The molecule has 0 saturated heterocycles. The highest BCUT2D eigenvalue weighted by atomic mass is 16.5. The predicted octanol–water partition coefficient (Wildman–Crippen LogP) is 2.50. The van der Waals surface area contributed by atoms with E-state index in [0.29, 0.717) is 6.42 Å². The Kier molecular flexibility index (Phi) is 6.35. The summed E-state index contributed by atoms with van der Waals surface area (Å²) in [6, 6.07) is 6.02. The number of amides is 1. The molecule has 0 aliphatic carbocycles. The number of nitrogens with two attached hydrogens (primary N) is 1. The Hall–Kier alpha value is -2.14. The van der Waals surface area contributed by atoms with Gasteiger partial charge in [-0.1, -0.05) is 24.3 Å². The summed E-state index contributed by atoms with van der Waals surface area (Å²) >= 11 is 0. The van der Waals surface area contributed by atoms with Crippen LogP contribution >= 0.6 is 0 Å². The molecule has 0 bridgehead atoms. The lowest BCUT2D eigenvalue weighted by atomic mass is 9.90. The third-order valence-corrected chi connectivity index (χ3v) is 4.00. The molecular weight excluding hydrogens is 292 g/mol. The minimum atomic E-state index is -0.356. The Bertz CT molecular complexity index is 596. The summed E-state index contributed by atoms with van der Waals surface area (Å²) in [4.78, 5) is 23.5. The number of anilines is 1. The summed E-state index contributed by atoms with van der Waals surface area (Å²) < 4.78 is 4.64. The normalized spacial score (nSPS) is 17.0. The number of nitrogens with one attached hydrogen (secondary N) is 1. The van der Waals surface area contributed by atoms with Gasteiger partial charge in [0.25, 0.3) is 0 Å². The first kappa shape index (κ1) is 17.2. The Morgan fingerprint density at radius 2 is 2.26 bits per heavy atom. The molecule has 1 aliphatic heterocycles. The molecule has 2 rings (SSSR count). The van der Waals surface area contributed by atoms with Crippen LogP contribution in [0.5, 0.6) is 0 Å². The van der Waals surface area contributed by atoms with Crippen molar-refractivity contribution in [1.29, 1.82) is 0 Å². The second kappa shape index (κ2) is 8.48. The van der Waals surface area contributed by atoms with Crippen molar-refractivity contribution in [3.63, 3.8) is 0 Å². The van der Waals surface area contributed by atoms with Crippen molar-refractivity contribution in [2.75, 3.05) is 19.0 Å². The van der Waals surface area contributed by atoms with Gasteiger partial charge in [0.2, 0.25) is 5.91 Å². The average molecular weight is 316 g/mol. The van der Waals surface area contributed by atoms with Gasteiger partial charge in [-0.15, -0.1) is 0 Å². The molecule has 1 heterocycles. The first-order valence-corrected chi connectivity index (χ1v) is 8.01. The molecule has 0 saturated carbocycles. The van der Waals surface area contributed by atoms with Crippen molar-refractivity contribution in [2.24, 2.45) is 11.7 Å². The highest BCUT2D eigenvalue weighted by Crippen LogP contribution is 2.28. The third kappa shape index (κ3) is 4.93. The molecular formula is C18H24N2O3. The molecule has 0 aromatic heterocycles. The van der Waals surface area contributed by atoms with Crippen LogP contribution in [0.15, 0.2) is 24.3 Å². The molecule has 1 unspecified atom stereocenters. The molecule has 0 radical (unpaired) electrons. The van der Waals surface area contributed by atoms with Crippen molar-refractivity contribution >= 4 is 23.6 Å². The van der Waals surface area contributed by atoms with Gasteiger partial charge in [-0.25, -0.2) is 0 Å². The molecule has 3 N–H and O–H groups in total. The van der Waals surface area contributed by atoms with Gasteiger partial charge in [-0.05, 0) is 49.4 Å². The van der Waals surface area contributed by atoms with Gasteiger partial charge < -0.3 is 15.8 Å². The van der Waals surface area contributed by atoms with E-state index in [4.69, 9.17) is 5.73 Å². The zero-order chi connectivity index (χ0) is 16.7. The number of hydrogen-bond donors (Lipinski definition) is 2. The molecule has 0 spiro atoms. The van der Waals surface area contributed by atoms with Crippen molar-refractivity contribution in [2.45, 2.75) is 32.1 Å². The molecule has 23 heavy (non-hydrogen) atoms. The van der Waals surface area contributed by atoms with Crippen LogP contribution < -0.4 is 11.1 Å². The van der Waals surface area contributed by atoms with Crippen molar-refractivity contribution in [3.8, 4) is 0 Å². The molecule has 1 aromatic rings. The first-order valence-electron chi connectivity index (χ1n) is 8.01. The number of hydrogen-bond acceptors (Lipinski definition) is 4. The summed E-state index contributed by atoms with van der Waals surface area (Å²) in [7, 11) is 1.34. The van der Waals surface area contributed by atoms with E-state index in [-0.39, 0.29) is 24.2 Å². The number of carbonyl (C=O) groups is 2. The number of esters is 1. The van der Waals surface area contributed by atoms with E-state index in [1.54, 1.807) is 0 Å². The van der Waals surface area contributed by atoms with E-state index in [0.717, 1.165) is 42.6 Å². The number of allylic oxidation sites excluding steroid dienone is 1. The fourth-order valence-corrected chi connectivity index (χ4v) is 2.66. The van der Waals surface area contributed by atoms with E-state index in [9.17, 15) is 9.59 Å². The third-order valence-electron chi connectivity index (χ3n) is 4.00. The maximum atomic E-state index is 12.1. The zero-order valence-electron chi connectivity index (χ0n) is 13.5. The van der Waals surface area contributed by atoms with Crippen LogP contribution in [-0.2, 0) is 20.7 Å². The SMILES string of the molecule is COC(=O)CC1Cc2ccc(C=CCCCCN)cc2NC1=O. The topological polar surface area (TPSA) is 81.4 Å². The molecule has 5 nitrogen and oxygen atoms in total. The maximum Gasteiger partial charge on any atom is 0.306 e. The van der Waals surface area contributed by atoms with Crippen LogP contribution in [0.4, 0.5) is 5.69 Å². The molecule has 1 amide bonds. The minimum absolute atomic E-state index is 0.116. The van der Waals surface area contributed by atoms with Crippen molar-refractivity contribution in [1.82, 2.24) is 0 Å². The minimum Gasteiger partial charge on any atom is -0.469 e. The Labute approximate surface area is 136 Å². The van der Waals surface area contributed by atoms with Crippen molar-refractivity contribution < 1.29 is 14.3 Å². The second-order valence-corrected chi connectivity index (χ2v) is 5.77. The Morgan fingerprint density at radius 1 is 1.43 bits per heavy atom. The summed E-state index contributed by atoms with van der Waals surface area (Å²) in [6.45, 7) is 0.728. The van der Waals surface area contributed by atoms with Crippen LogP contribution in [-0.4, -0.2) is 25.5 Å². The number of methoxy groups -OCH3 is 1. The van der Waals surface area contributed by atoms with E-state index in [1.807, 2.05) is 18.2 Å². The maximum absolute atomic E-state index is 12.1. The molecule has 1 atom stereocenters.